The molecular formula is C17H28N4O3. The molecule has 2 amide bonds. The fourth-order valence-electron chi connectivity index (χ4n) is 3.34. The highest BCUT2D eigenvalue weighted by Crippen LogP contribution is 2.17. The maximum atomic E-state index is 12.6. The zero-order valence-electron chi connectivity index (χ0n) is 14.4. The summed E-state index contributed by atoms with van der Waals surface area (Å²) in [7, 11) is 1.90. The van der Waals surface area contributed by atoms with Gasteiger partial charge in [-0.25, -0.2) is 4.79 Å². The van der Waals surface area contributed by atoms with E-state index in [0.29, 0.717) is 19.6 Å². The van der Waals surface area contributed by atoms with Crippen LogP contribution in [0.5, 0.6) is 0 Å². The Hall–Kier alpha value is -1.60. The third-order valence-corrected chi connectivity index (χ3v) is 4.63. The first-order valence-electron chi connectivity index (χ1n) is 8.94. The Bertz CT molecular complexity index is 504. The van der Waals surface area contributed by atoms with Crippen LogP contribution < -0.4 is 5.32 Å². The quantitative estimate of drug-likeness (QED) is 0.816. The Morgan fingerprint density at radius 3 is 2.46 bits per heavy atom. The molecule has 1 N–H and O–H groups in total. The fourth-order valence-corrected chi connectivity index (χ4v) is 3.34. The summed E-state index contributed by atoms with van der Waals surface area (Å²) in [5, 5.41) is 7.17. The van der Waals surface area contributed by atoms with Gasteiger partial charge in [0, 0.05) is 46.1 Å². The SMILES string of the molecule is Cn1cc(CCNC(=O)N(CC2CCCO2)CC2CCCO2)cn1. The molecule has 1 aromatic heterocycles. The van der Waals surface area contributed by atoms with Crippen molar-refractivity contribution < 1.29 is 14.3 Å². The molecule has 7 nitrogen and oxygen atoms in total. The number of ether oxygens (including phenoxy) is 2. The predicted molar refractivity (Wildman–Crippen MR) is 89.8 cm³/mol. The monoisotopic (exact) mass is 336 g/mol. The minimum atomic E-state index is -0.0232. The lowest BCUT2D eigenvalue weighted by Gasteiger charge is -2.28. The number of carbonyl (C=O) groups excluding carboxylic acids is 1. The lowest BCUT2D eigenvalue weighted by molar-refractivity contribution is 0.0499. The van der Waals surface area contributed by atoms with Gasteiger partial charge in [-0.05, 0) is 37.7 Å². The summed E-state index contributed by atoms with van der Waals surface area (Å²) in [6, 6.07) is -0.0232. The first-order chi connectivity index (χ1) is 11.7. The van der Waals surface area contributed by atoms with Crippen LogP contribution in [0.15, 0.2) is 12.4 Å². The molecule has 0 radical (unpaired) electrons. The molecule has 24 heavy (non-hydrogen) atoms. The number of rotatable bonds is 7. The maximum absolute atomic E-state index is 12.6. The second-order valence-corrected chi connectivity index (χ2v) is 6.68. The van der Waals surface area contributed by atoms with Crippen LogP contribution in [0.2, 0.25) is 0 Å². The van der Waals surface area contributed by atoms with E-state index in [4.69, 9.17) is 9.47 Å². The number of hydrogen-bond acceptors (Lipinski definition) is 4. The second-order valence-electron chi connectivity index (χ2n) is 6.68. The number of amides is 2. The van der Waals surface area contributed by atoms with E-state index in [9.17, 15) is 4.79 Å². The molecule has 1 aromatic rings. The number of nitrogens with one attached hydrogen (secondary N) is 1. The van der Waals surface area contributed by atoms with Crippen molar-refractivity contribution in [2.75, 3.05) is 32.8 Å². The molecule has 2 unspecified atom stereocenters. The van der Waals surface area contributed by atoms with E-state index in [-0.39, 0.29) is 18.2 Å². The largest absolute Gasteiger partial charge is 0.376 e. The highest BCUT2D eigenvalue weighted by Gasteiger charge is 2.26. The number of aromatic nitrogens is 2. The van der Waals surface area contributed by atoms with Gasteiger partial charge < -0.3 is 19.7 Å². The van der Waals surface area contributed by atoms with Crippen molar-refractivity contribution in [2.24, 2.45) is 7.05 Å². The first kappa shape index (κ1) is 17.2. The average molecular weight is 336 g/mol. The van der Waals surface area contributed by atoms with Crippen LogP contribution in [-0.2, 0) is 22.9 Å². The minimum Gasteiger partial charge on any atom is -0.376 e. The number of hydrogen-bond donors (Lipinski definition) is 1. The van der Waals surface area contributed by atoms with E-state index in [1.165, 1.54) is 0 Å². The molecule has 2 aliphatic rings. The van der Waals surface area contributed by atoms with Gasteiger partial charge in [-0.3, -0.25) is 4.68 Å². The summed E-state index contributed by atoms with van der Waals surface area (Å²) < 4.78 is 13.2. The van der Waals surface area contributed by atoms with Crippen molar-refractivity contribution >= 4 is 6.03 Å². The standard InChI is InChI=1S/C17H28N4O3/c1-20-11-14(10-19-20)6-7-18-17(22)21(12-15-4-2-8-23-15)13-16-5-3-9-24-16/h10-11,15-16H,2-9,12-13H2,1H3,(H,18,22). The highest BCUT2D eigenvalue weighted by molar-refractivity contribution is 5.74. The number of nitrogens with zero attached hydrogens (tertiary/aromatic N) is 3. The van der Waals surface area contributed by atoms with Gasteiger partial charge in [0.15, 0.2) is 0 Å². The molecule has 0 aliphatic carbocycles. The Morgan fingerprint density at radius 1 is 1.29 bits per heavy atom. The van der Waals surface area contributed by atoms with Gasteiger partial charge in [-0.1, -0.05) is 0 Å². The Morgan fingerprint density at radius 2 is 1.96 bits per heavy atom. The van der Waals surface area contributed by atoms with E-state index in [2.05, 4.69) is 10.4 Å². The van der Waals surface area contributed by atoms with Gasteiger partial charge >= 0.3 is 6.03 Å². The van der Waals surface area contributed by atoms with Crippen LogP contribution in [0.3, 0.4) is 0 Å². The summed E-state index contributed by atoms with van der Waals surface area (Å²) >= 11 is 0. The summed E-state index contributed by atoms with van der Waals surface area (Å²) in [5.41, 5.74) is 1.13. The third kappa shape index (κ3) is 4.95. The maximum Gasteiger partial charge on any atom is 0.317 e. The van der Waals surface area contributed by atoms with Crippen molar-refractivity contribution in [1.82, 2.24) is 20.0 Å². The van der Waals surface area contributed by atoms with Crippen molar-refractivity contribution in [1.29, 1.82) is 0 Å². The number of aryl methyl sites for hydroxylation is 1. The Kier molecular flexibility index (Phi) is 6.09. The van der Waals surface area contributed by atoms with Crippen molar-refractivity contribution in [3.63, 3.8) is 0 Å². The van der Waals surface area contributed by atoms with Gasteiger partial charge in [0.1, 0.15) is 0 Å². The third-order valence-electron chi connectivity index (χ3n) is 4.63. The first-order valence-corrected chi connectivity index (χ1v) is 8.94. The van der Waals surface area contributed by atoms with Crippen LogP contribution in [-0.4, -0.2) is 65.8 Å². The molecule has 0 aromatic carbocycles. The smallest absolute Gasteiger partial charge is 0.317 e. The van der Waals surface area contributed by atoms with E-state index < -0.39 is 0 Å². The molecule has 0 saturated carbocycles. The molecule has 3 rings (SSSR count). The molecule has 0 bridgehead atoms. The summed E-state index contributed by atoms with van der Waals surface area (Å²) in [6.45, 7) is 3.53. The van der Waals surface area contributed by atoms with E-state index in [0.717, 1.165) is 50.9 Å². The molecular weight excluding hydrogens is 308 g/mol. The Balaban J connectivity index is 1.48. The van der Waals surface area contributed by atoms with Crippen molar-refractivity contribution in [2.45, 2.75) is 44.3 Å². The second kappa shape index (κ2) is 8.48. The van der Waals surface area contributed by atoms with E-state index in [1.54, 1.807) is 4.68 Å². The molecule has 2 fully saturated rings. The van der Waals surface area contributed by atoms with E-state index >= 15 is 0 Å². The number of carbonyl (C=O) groups is 1. The van der Waals surface area contributed by atoms with Crippen LogP contribution in [0, 0.1) is 0 Å². The molecule has 2 saturated heterocycles. The number of urea groups is 1. The van der Waals surface area contributed by atoms with Gasteiger partial charge in [0.25, 0.3) is 0 Å². The molecule has 2 atom stereocenters. The van der Waals surface area contributed by atoms with Gasteiger partial charge in [-0.2, -0.15) is 5.10 Å². The normalized spacial score (nSPS) is 23.5. The lowest BCUT2D eigenvalue weighted by atomic mass is 10.2. The molecule has 134 valence electrons. The predicted octanol–water partition coefficient (Wildman–Crippen LogP) is 1.33. The summed E-state index contributed by atoms with van der Waals surface area (Å²) in [4.78, 5) is 14.5. The summed E-state index contributed by atoms with van der Waals surface area (Å²) in [5.74, 6) is 0. The van der Waals surface area contributed by atoms with Crippen LogP contribution in [0.1, 0.15) is 31.2 Å². The minimum absolute atomic E-state index is 0.0232. The Labute approximate surface area is 143 Å². The van der Waals surface area contributed by atoms with Crippen LogP contribution in [0.4, 0.5) is 4.79 Å². The summed E-state index contributed by atoms with van der Waals surface area (Å²) in [6.07, 6.45) is 9.16. The lowest BCUT2D eigenvalue weighted by Crippen LogP contribution is -2.47. The highest BCUT2D eigenvalue weighted by atomic mass is 16.5. The molecule has 7 heteroatoms. The molecule has 2 aliphatic heterocycles. The van der Waals surface area contributed by atoms with Gasteiger partial charge in [-0.15, -0.1) is 0 Å². The van der Waals surface area contributed by atoms with Crippen LogP contribution >= 0.6 is 0 Å². The fraction of sp³-hybridized carbons (Fsp3) is 0.765. The topological polar surface area (TPSA) is 68.6 Å². The zero-order chi connectivity index (χ0) is 16.8. The van der Waals surface area contributed by atoms with E-state index in [1.807, 2.05) is 24.3 Å². The average Bonchev–Trinajstić information content (AvgIpc) is 3.30. The van der Waals surface area contributed by atoms with Crippen molar-refractivity contribution in [3.05, 3.63) is 18.0 Å². The molecule has 3 heterocycles. The zero-order valence-corrected chi connectivity index (χ0v) is 14.4. The van der Waals surface area contributed by atoms with Crippen molar-refractivity contribution in [3.8, 4) is 0 Å². The van der Waals surface area contributed by atoms with Gasteiger partial charge in [0.05, 0.1) is 18.4 Å². The molecule has 0 spiro atoms. The van der Waals surface area contributed by atoms with Crippen LogP contribution in [0.25, 0.3) is 0 Å². The van der Waals surface area contributed by atoms with Gasteiger partial charge in [0.2, 0.25) is 0 Å².